The molecule has 1 rings (SSSR count). The van der Waals surface area contributed by atoms with Crippen molar-refractivity contribution in [2.24, 2.45) is 0 Å². The minimum Gasteiger partial charge on any atom is -0.465 e. The van der Waals surface area contributed by atoms with Crippen LogP contribution in [0.5, 0.6) is 0 Å². The fourth-order valence-corrected chi connectivity index (χ4v) is 1.33. The maximum Gasteiger partial charge on any atom is 0.339 e. The van der Waals surface area contributed by atoms with Crippen molar-refractivity contribution in [1.82, 2.24) is 15.6 Å². The number of carbonyl (C=O) groups excluding carboxylic acids is 2. The number of ether oxygens (including phenoxy) is 1. The van der Waals surface area contributed by atoms with Crippen molar-refractivity contribution in [3.63, 3.8) is 0 Å². The number of nitrogens with zero attached hydrogens (tertiary/aromatic N) is 1. The third-order valence-electron chi connectivity index (χ3n) is 2.47. The van der Waals surface area contributed by atoms with E-state index >= 15 is 0 Å². The van der Waals surface area contributed by atoms with Crippen LogP contribution < -0.4 is 10.6 Å². The molecule has 0 aliphatic carbocycles. The molecule has 1 aromatic rings. The van der Waals surface area contributed by atoms with E-state index in [1.54, 1.807) is 26.1 Å². The van der Waals surface area contributed by atoms with Crippen LogP contribution in [0, 0.1) is 0 Å². The second-order valence-corrected chi connectivity index (χ2v) is 3.75. The molecule has 0 spiro atoms. The Hall–Kier alpha value is -1.95. The number of nitrogens with one attached hydrogen (secondary N) is 2. The van der Waals surface area contributed by atoms with Gasteiger partial charge < -0.3 is 15.4 Å². The summed E-state index contributed by atoms with van der Waals surface area (Å²) in [5.41, 5.74) is 1.15. The van der Waals surface area contributed by atoms with Crippen LogP contribution in [0.4, 0.5) is 0 Å². The fraction of sp³-hybridized carbons (Fsp3) is 0.417. The average molecular weight is 251 g/mol. The van der Waals surface area contributed by atoms with Crippen LogP contribution in [0.2, 0.25) is 0 Å². The van der Waals surface area contributed by atoms with Gasteiger partial charge in [0.25, 0.3) is 0 Å². The first-order valence-corrected chi connectivity index (χ1v) is 5.56. The van der Waals surface area contributed by atoms with E-state index in [1.165, 1.54) is 13.3 Å². The van der Waals surface area contributed by atoms with Gasteiger partial charge in [-0.3, -0.25) is 9.78 Å². The molecule has 1 atom stereocenters. The largest absolute Gasteiger partial charge is 0.465 e. The van der Waals surface area contributed by atoms with Gasteiger partial charge in [-0.15, -0.1) is 0 Å². The summed E-state index contributed by atoms with van der Waals surface area (Å²) < 4.78 is 4.57. The minimum atomic E-state index is -0.416. The molecule has 6 heteroatoms. The number of carbonyl (C=O) groups is 2. The van der Waals surface area contributed by atoms with Gasteiger partial charge in [0.15, 0.2) is 0 Å². The first kappa shape index (κ1) is 14.1. The Labute approximate surface area is 106 Å². The Kier molecular flexibility index (Phi) is 5.26. The molecule has 6 nitrogen and oxygen atoms in total. The molecule has 0 fully saturated rings. The fourth-order valence-electron chi connectivity index (χ4n) is 1.33. The molecule has 98 valence electrons. The molecule has 18 heavy (non-hydrogen) atoms. The van der Waals surface area contributed by atoms with E-state index in [9.17, 15) is 9.59 Å². The lowest BCUT2D eigenvalue weighted by molar-refractivity contribution is -0.122. The van der Waals surface area contributed by atoms with Gasteiger partial charge in [-0.1, -0.05) is 0 Å². The number of hydrogen-bond acceptors (Lipinski definition) is 5. The molecule has 0 aliphatic heterocycles. The Morgan fingerprint density at radius 3 is 2.67 bits per heavy atom. The third-order valence-corrected chi connectivity index (χ3v) is 2.47. The summed E-state index contributed by atoms with van der Waals surface area (Å²) in [6, 6.07) is 3.06. The van der Waals surface area contributed by atoms with E-state index in [4.69, 9.17) is 0 Å². The molecule has 0 saturated carbocycles. The molecular formula is C12H17N3O3. The maximum atomic E-state index is 11.3. The maximum absolute atomic E-state index is 11.3. The third kappa shape index (κ3) is 3.81. The number of amides is 1. The average Bonchev–Trinajstić information content (AvgIpc) is 2.43. The van der Waals surface area contributed by atoms with Crippen LogP contribution in [0.3, 0.4) is 0 Å². The Balaban J connectivity index is 2.54. The lowest BCUT2D eigenvalue weighted by atomic mass is 10.2. The zero-order valence-electron chi connectivity index (χ0n) is 10.7. The van der Waals surface area contributed by atoms with E-state index in [-0.39, 0.29) is 11.9 Å². The first-order chi connectivity index (χ1) is 8.58. The van der Waals surface area contributed by atoms with Crippen molar-refractivity contribution in [3.05, 3.63) is 29.6 Å². The molecule has 2 N–H and O–H groups in total. The molecule has 0 radical (unpaired) electrons. The summed E-state index contributed by atoms with van der Waals surface area (Å²) in [5, 5.41) is 5.57. The predicted molar refractivity (Wildman–Crippen MR) is 65.9 cm³/mol. The standard InChI is InChI=1S/C12H17N3O3/c1-8(11(16)13-2)14-7-10-5-4-9(6-15-10)12(17)18-3/h4-6,8,14H,7H2,1-3H3,(H,13,16). The van der Waals surface area contributed by atoms with Crippen molar-refractivity contribution >= 4 is 11.9 Å². The summed E-state index contributed by atoms with van der Waals surface area (Å²) in [4.78, 5) is 26.6. The van der Waals surface area contributed by atoms with Gasteiger partial charge in [-0.2, -0.15) is 0 Å². The van der Waals surface area contributed by atoms with Crippen molar-refractivity contribution in [1.29, 1.82) is 0 Å². The lowest BCUT2D eigenvalue weighted by Crippen LogP contribution is -2.40. The highest BCUT2D eigenvalue weighted by Gasteiger charge is 2.10. The van der Waals surface area contributed by atoms with Gasteiger partial charge in [0.2, 0.25) is 5.91 Å². The van der Waals surface area contributed by atoms with Crippen LogP contribution in [-0.2, 0) is 16.1 Å². The van der Waals surface area contributed by atoms with Gasteiger partial charge in [0, 0.05) is 19.8 Å². The van der Waals surface area contributed by atoms with Crippen molar-refractivity contribution < 1.29 is 14.3 Å². The second-order valence-electron chi connectivity index (χ2n) is 3.75. The van der Waals surface area contributed by atoms with E-state index in [0.717, 1.165) is 5.69 Å². The van der Waals surface area contributed by atoms with Gasteiger partial charge in [-0.05, 0) is 19.1 Å². The van der Waals surface area contributed by atoms with Crippen LogP contribution >= 0.6 is 0 Å². The molecule has 0 aromatic carbocycles. The number of rotatable bonds is 5. The van der Waals surface area contributed by atoms with Crippen molar-refractivity contribution in [2.45, 2.75) is 19.5 Å². The minimum absolute atomic E-state index is 0.0822. The van der Waals surface area contributed by atoms with Gasteiger partial charge >= 0.3 is 5.97 Å². The van der Waals surface area contributed by atoms with E-state index in [1.807, 2.05) is 0 Å². The van der Waals surface area contributed by atoms with Crippen LogP contribution in [0.1, 0.15) is 23.0 Å². The summed E-state index contributed by atoms with van der Waals surface area (Å²) in [6.45, 7) is 2.22. The van der Waals surface area contributed by atoms with Crippen molar-refractivity contribution in [3.8, 4) is 0 Å². The molecule has 1 amide bonds. The van der Waals surface area contributed by atoms with Crippen LogP contribution in [-0.4, -0.2) is 37.1 Å². The Morgan fingerprint density at radius 2 is 2.17 bits per heavy atom. The quantitative estimate of drug-likeness (QED) is 0.725. The lowest BCUT2D eigenvalue weighted by Gasteiger charge is -2.11. The number of methoxy groups -OCH3 is 1. The number of hydrogen-bond donors (Lipinski definition) is 2. The number of aromatic nitrogens is 1. The predicted octanol–water partition coefficient (Wildman–Crippen LogP) is 0.0923. The normalized spacial score (nSPS) is 11.7. The molecule has 0 bridgehead atoms. The topological polar surface area (TPSA) is 80.3 Å². The summed E-state index contributed by atoms with van der Waals surface area (Å²) in [5.74, 6) is -0.498. The van der Waals surface area contributed by atoms with Crippen LogP contribution in [0.25, 0.3) is 0 Å². The van der Waals surface area contributed by atoms with E-state index in [2.05, 4.69) is 20.4 Å². The van der Waals surface area contributed by atoms with Gasteiger partial charge in [0.05, 0.1) is 24.4 Å². The van der Waals surface area contributed by atoms with E-state index < -0.39 is 5.97 Å². The smallest absolute Gasteiger partial charge is 0.339 e. The molecule has 0 saturated heterocycles. The SMILES string of the molecule is CNC(=O)C(C)NCc1ccc(C(=O)OC)cn1. The monoisotopic (exact) mass is 251 g/mol. The zero-order valence-corrected chi connectivity index (χ0v) is 10.7. The number of esters is 1. The summed E-state index contributed by atoms with van der Waals surface area (Å²) >= 11 is 0. The van der Waals surface area contributed by atoms with Crippen LogP contribution in [0.15, 0.2) is 18.3 Å². The highest BCUT2D eigenvalue weighted by Crippen LogP contribution is 2.02. The molecular weight excluding hydrogens is 234 g/mol. The van der Waals surface area contributed by atoms with Crippen molar-refractivity contribution in [2.75, 3.05) is 14.2 Å². The Morgan fingerprint density at radius 1 is 1.44 bits per heavy atom. The van der Waals surface area contributed by atoms with Gasteiger partial charge in [0.1, 0.15) is 0 Å². The number of pyridine rings is 1. The zero-order chi connectivity index (χ0) is 13.5. The summed E-state index contributed by atoms with van der Waals surface area (Å²) in [7, 11) is 2.91. The van der Waals surface area contributed by atoms with Gasteiger partial charge in [-0.25, -0.2) is 4.79 Å². The highest BCUT2D eigenvalue weighted by molar-refractivity contribution is 5.88. The molecule has 1 unspecified atom stereocenters. The molecule has 0 aliphatic rings. The van der Waals surface area contributed by atoms with E-state index in [0.29, 0.717) is 12.1 Å². The first-order valence-electron chi connectivity index (χ1n) is 5.56. The highest BCUT2D eigenvalue weighted by atomic mass is 16.5. The second kappa shape index (κ2) is 6.70. The Bertz CT molecular complexity index is 417. The summed E-state index contributed by atoms with van der Waals surface area (Å²) in [6.07, 6.45) is 1.45. The number of likely N-dealkylation sites (N-methyl/N-ethyl adjacent to an activating group) is 1. The molecule has 1 aromatic heterocycles. The molecule has 1 heterocycles.